The molecule has 100 valence electrons. The van der Waals surface area contributed by atoms with Crippen molar-refractivity contribution in [3.63, 3.8) is 0 Å². The Bertz CT molecular complexity index is 418. The molecule has 1 aliphatic rings. The van der Waals surface area contributed by atoms with Crippen LogP contribution in [0.15, 0.2) is 12.1 Å². The van der Waals surface area contributed by atoms with E-state index in [-0.39, 0.29) is 12.2 Å². The Hall–Kier alpha value is 1.65. The van der Waals surface area contributed by atoms with Crippen molar-refractivity contribution >= 4 is 83.7 Å². The molecule has 0 radical (unpaired) electrons. The molecule has 1 saturated carbocycles. The highest BCUT2D eigenvalue weighted by atomic mass is 127. The molecule has 0 spiro atoms. The first-order valence-electron chi connectivity index (χ1n) is 5.59. The zero-order chi connectivity index (χ0) is 13.3. The molecule has 0 bridgehead atoms. The van der Waals surface area contributed by atoms with Crippen molar-refractivity contribution in [3.8, 4) is 5.75 Å². The van der Waals surface area contributed by atoms with E-state index in [4.69, 9.17) is 9.47 Å². The Morgan fingerprint density at radius 3 is 2.39 bits per heavy atom. The Morgan fingerprint density at radius 1 is 1.28 bits per heavy atom. The fraction of sp³-hybridized carbons (Fsp3) is 0.500. The Balaban J connectivity index is 2.10. The van der Waals surface area contributed by atoms with E-state index in [1.165, 1.54) is 3.57 Å². The highest BCUT2D eigenvalue weighted by Gasteiger charge is 2.42. The van der Waals surface area contributed by atoms with Crippen molar-refractivity contribution in [3.05, 3.63) is 22.8 Å². The predicted molar refractivity (Wildman–Crippen MR) is 102 cm³/mol. The molecule has 1 aromatic rings. The number of benzene rings is 1. The van der Waals surface area contributed by atoms with Crippen molar-refractivity contribution in [1.29, 1.82) is 0 Å². The van der Waals surface area contributed by atoms with Crippen LogP contribution in [0.4, 0.5) is 0 Å². The van der Waals surface area contributed by atoms with Crippen LogP contribution in [-0.2, 0) is 4.74 Å². The summed E-state index contributed by atoms with van der Waals surface area (Å²) in [5.74, 6) is 0.991. The molecule has 1 fully saturated rings. The molecule has 2 nitrogen and oxygen atoms in total. The van der Waals surface area contributed by atoms with Gasteiger partial charge in [0.15, 0.2) is 0 Å². The summed E-state index contributed by atoms with van der Waals surface area (Å²) in [5.41, 5.74) is 0. The second-order valence-electron chi connectivity index (χ2n) is 4.03. The molecule has 3 unspecified atom stereocenters. The maximum atomic E-state index is 6.13. The van der Waals surface area contributed by atoms with Gasteiger partial charge >= 0.3 is 0 Å². The molecular formula is C12H12BrI3O2. The minimum absolute atomic E-state index is 0.163. The highest BCUT2D eigenvalue weighted by Crippen LogP contribution is 2.37. The summed E-state index contributed by atoms with van der Waals surface area (Å²) in [7, 11) is 0. The lowest BCUT2D eigenvalue weighted by atomic mass is 9.91. The van der Waals surface area contributed by atoms with Crippen LogP contribution in [0, 0.1) is 10.7 Å². The molecule has 3 atom stereocenters. The summed E-state index contributed by atoms with van der Waals surface area (Å²) < 4.78 is 15.4. The van der Waals surface area contributed by atoms with Gasteiger partial charge in [-0.1, -0.05) is 15.9 Å². The molecule has 2 rings (SSSR count). The normalized spacial score (nSPS) is 26.8. The smallest absolute Gasteiger partial charge is 0.146 e. The number of ether oxygens (including phenoxy) is 2. The van der Waals surface area contributed by atoms with E-state index < -0.39 is 0 Å². The van der Waals surface area contributed by atoms with Crippen LogP contribution in [0.5, 0.6) is 5.75 Å². The summed E-state index contributed by atoms with van der Waals surface area (Å²) in [6.07, 6.45) is 1.33. The third-order valence-corrected chi connectivity index (χ3v) is 5.89. The average molecular weight is 649 g/mol. The van der Waals surface area contributed by atoms with Crippen molar-refractivity contribution in [2.24, 2.45) is 0 Å². The van der Waals surface area contributed by atoms with E-state index in [2.05, 4.69) is 95.8 Å². The average Bonchev–Trinajstić information content (AvgIpc) is 2.29. The monoisotopic (exact) mass is 648 g/mol. The predicted octanol–water partition coefficient (Wildman–Crippen LogP) is 4.82. The van der Waals surface area contributed by atoms with E-state index in [9.17, 15) is 0 Å². The van der Waals surface area contributed by atoms with Gasteiger partial charge in [0.05, 0.1) is 7.14 Å². The number of alkyl halides is 1. The molecule has 1 aliphatic carbocycles. The largest absolute Gasteiger partial charge is 0.485 e. The Kier molecular flexibility index (Phi) is 6.30. The minimum atomic E-state index is 0.163. The lowest BCUT2D eigenvalue weighted by Crippen LogP contribution is -2.52. The van der Waals surface area contributed by atoms with E-state index in [1.54, 1.807) is 0 Å². The summed E-state index contributed by atoms with van der Waals surface area (Å²) in [6, 6.07) is 4.27. The molecule has 0 saturated heterocycles. The number of hydrogen-bond acceptors (Lipinski definition) is 2. The molecule has 0 aromatic heterocycles. The fourth-order valence-electron chi connectivity index (χ4n) is 1.84. The van der Waals surface area contributed by atoms with Gasteiger partial charge in [-0.2, -0.15) is 0 Å². The topological polar surface area (TPSA) is 18.5 Å². The summed E-state index contributed by atoms with van der Waals surface area (Å²) in [6.45, 7) is 2.75. The summed E-state index contributed by atoms with van der Waals surface area (Å²) in [5, 5.41) is 0. The minimum Gasteiger partial charge on any atom is -0.485 e. The number of hydrogen-bond donors (Lipinski definition) is 0. The third-order valence-electron chi connectivity index (χ3n) is 2.77. The molecule has 0 amide bonds. The van der Waals surface area contributed by atoms with E-state index in [0.717, 1.165) is 25.9 Å². The second kappa shape index (κ2) is 7.08. The lowest BCUT2D eigenvalue weighted by Gasteiger charge is -2.41. The van der Waals surface area contributed by atoms with E-state index in [1.807, 2.05) is 6.92 Å². The van der Waals surface area contributed by atoms with Gasteiger partial charge in [0, 0.05) is 21.4 Å². The second-order valence-corrected chi connectivity index (χ2v) is 8.77. The first kappa shape index (κ1) is 16.0. The first-order valence-corrected chi connectivity index (χ1v) is 9.75. The third kappa shape index (κ3) is 3.64. The highest BCUT2D eigenvalue weighted by molar-refractivity contribution is 14.1. The maximum absolute atomic E-state index is 6.13. The van der Waals surface area contributed by atoms with E-state index in [0.29, 0.717) is 4.83 Å². The maximum Gasteiger partial charge on any atom is 0.146 e. The molecule has 1 aromatic carbocycles. The van der Waals surface area contributed by atoms with Crippen LogP contribution < -0.4 is 4.74 Å². The Labute approximate surface area is 156 Å². The molecular weight excluding hydrogens is 637 g/mol. The molecule has 0 heterocycles. The molecule has 18 heavy (non-hydrogen) atoms. The molecule has 0 N–H and O–H groups in total. The van der Waals surface area contributed by atoms with Crippen molar-refractivity contribution in [2.45, 2.75) is 30.4 Å². The van der Waals surface area contributed by atoms with Gasteiger partial charge in [0.2, 0.25) is 0 Å². The van der Waals surface area contributed by atoms with Gasteiger partial charge in [-0.3, -0.25) is 0 Å². The first-order chi connectivity index (χ1) is 8.52. The van der Waals surface area contributed by atoms with Gasteiger partial charge in [-0.05, 0) is 86.8 Å². The van der Waals surface area contributed by atoms with Gasteiger partial charge in [-0.15, -0.1) is 0 Å². The van der Waals surface area contributed by atoms with Crippen molar-refractivity contribution in [1.82, 2.24) is 0 Å². The Morgan fingerprint density at radius 2 is 1.89 bits per heavy atom. The van der Waals surface area contributed by atoms with Crippen LogP contribution in [0.2, 0.25) is 0 Å². The van der Waals surface area contributed by atoms with Crippen molar-refractivity contribution < 1.29 is 9.47 Å². The van der Waals surface area contributed by atoms with Crippen LogP contribution in [0.25, 0.3) is 0 Å². The quantitative estimate of drug-likeness (QED) is 0.345. The fourth-order valence-corrected chi connectivity index (χ4v) is 6.54. The number of halogens is 4. The SMILES string of the molecule is CCOC1C(Br)CC1Oc1c(I)cc(I)cc1I. The van der Waals surface area contributed by atoms with E-state index >= 15 is 0 Å². The van der Waals surface area contributed by atoms with Crippen LogP contribution in [0.3, 0.4) is 0 Å². The summed E-state index contributed by atoms with van der Waals surface area (Å²) in [4.78, 5) is 0.418. The summed E-state index contributed by atoms with van der Waals surface area (Å²) >= 11 is 10.6. The molecule has 0 aliphatic heterocycles. The van der Waals surface area contributed by atoms with Crippen molar-refractivity contribution in [2.75, 3.05) is 6.61 Å². The van der Waals surface area contributed by atoms with Gasteiger partial charge < -0.3 is 9.47 Å². The van der Waals surface area contributed by atoms with Crippen LogP contribution in [-0.4, -0.2) is 23.6 Å². The lowest BCUT2D eigenvalue weighted by molar-refractivity contribution is -0.0729. The zero-order valence-electron chi connectivity index (χ0n) is 9.63. The number of rotatable bonds is 4. The molecule has 6 heteroatoms. The van der Waals surface area contributed by atoms with Gasteiger partial charge in [-0.25, -0.2) is 0 Å². The van der Waals surface area contributed by atoms with Gasteiger partial charge in [0.1, 0.15) is 18.0 Å². The van der Waals surface area contributed by atoms with Crippen LogP contribution in [0.1, 0.15) is 13.3 Å². The standard InChI is InChI=1S/C12H12BrI3O2/c1-2-17-11-7(13)5-10(11)18-12-8(15)3-6(14)4-9(12)16/h3-4,7,10-11H,2,5H2,1H3. The zero-order valence-corrected chi connectivity index (χ0v) is 17.7. The van der Waals surface area contributed by atoms with Gasteiger partial charge in [0.25, 0.3) is 0 Å². The van der Waals surface area contributed by atoms with Crippen LogP contribution >= 0.6 is 83.7 Å².